The molecule has 0 aromatic heterocycles. The average Bonchev–Trinajstić information content (AvgIpc) is 2.41. The molecule has 0 saturated heterocycles. The number of hydrogen-bond acceptors (Lipinski definition) is 6. The Hall–Kier alpha value is -1.52. The van der Waals surface area contributed by atoms with E-state index in [4.69, 9.17) is 9.66 Å². The van der Waals surface area contributed by atoms with Gasteiger partial charge in [0.1, 0.15) is 12.7 Å². The van der Waals surface area contributed by atoms with Gasteiger partial charge in [-0.15, -0.1) is 0 Å². The first-order chi connectivity index (χ1) is 11.7. The van der Waals surface area contributed by atoms with Crippen molar-refractivity contribution in [3.8, 4) is 0 Å². The van der Waals surface area contributed by atoms with Crippen LogP contribution in [0.5, 0.6) is 0 Å². The Morgan fingerprint density at radius 3 is 1.81 bits per heavy atom. The van der Waals surface area contributed by atoms with Crippen LogP contribution in [0, 0.1) is 0 Å². The Balaban J connectivity index is 5.05. The molecule has 0 fully saturated rings. The van der Waals surface area contributed by atoms with Crippen molar-refractivity contribution >= 4 is 16.1 Å². The second-order valence-electron chi connectivity index (χ2n) is 5.02. The third kappa shape index (κ3) is 5.73. The van der Waals surface area contributed by atoms with Gasteiger partial charge in [-0.1, -0.05) is 6.58 Å². The highest BCUT2D eigenvalue weighted by Crippen LogP contribution is 2.46. The SMILES string of the molecule is C=C(COCC(F)(F)S(=O)(=O)O)C(=O)OC(C)C(O)(C(F)(F)F)C(F)(F)F. The molecule has 160 valence electrons. The van der Waals surface area contributed by atoms with E-state index in [-0.39, 0.29) is 6.92 Å². The van der Waals surface area contributed by atoms with E-state index in [1.54, 1.807) is 0 Å². The van der Waals surface area contributed by atoms with Crippen LogP contribution < -0.4 is 0 Å². The second kappa shape index (κ2) is 7.84. The maximum absolute atomic E-state index is 12.8. The van der Waals surface area contributed by atoms with Crippen LogP contribution >= 0.6 is 0 Å². The number of hydrogen-bond donors (Lipinski definition) is 2. The molecule has 0 radical (unpaired) electrons. The molecule has 0 aliphatic carbocycles. The lowest BCUT2D eigenvalue weighted by atomic mass is 9.96. The Morgan fingerprint density at radius 2 is 1.48 bits per heavy atom. The predicted octanol–water partition coefficient (Wildman–Crippen LogP) is 1.83. The number of rotatable bonds is 8. The van der Waals surface area contributed by atoms with Crippen LogP contribution in [0.2, 0.25) is 0 Å². The van der Waals surface area contributed by atoms with Gasteiger partial charge in [0, 0.05) is 0 Å². The van der Waals surface area contributed by atoms with Crippen molar-refractivity contribution in [3.05, 3.63) is 12.2 Å². The minimum atomic E-state index is -6.29. The zero-order chi connectivity index (χ0) is 22.1. The van der Waals surface area contributed by atoms with Gasteiger partial charge in [-0.05, 0) is 6.92 Å². The topological polar surface area (TPSA) is 110 Å². The predicted molar refractivity (Wildman–Crippen MR) is 69.1 cm³/mol. The number of carbonyl (C=O) groups is 1. The van der Waals surface area contributed by atoms with E-state index in [0.717, 1.165) is 0 Å². The molecule has 0 bridgehead atoms. The molecule has 0 aliphatic heterocycles. The smallest absolute Gasteiger partial charge is 0.430 e. The van der Waals surface area contributed by atoms with Crippen LogP contribution in [0.1, 0.15) is 6.92 Å². The highest BCUT2D eigenvalue weighted by Gasteiger charge is 2.74. The summed E-state index contributed by atoms with van der Waals surface area (Å²) in [5.41, 5.74) is -6.52. The third-order valence-electron chi connectivity index (χ3n) is 2.95. The van der Waals surface area contributed by atoms with Crippen LogP contribution in [0.15, 0.2) is 12.2 Å². The molecule has 16 heteroatoms. The summed E-state index contributed by atoms with van der Waals surface area (Å²) in [6.45, 7) is -0.445. The van der Waals surface area contributed by atoms with E-state index < -0.39 is 64.2 Å². The summed E-state index contributed by atoms with van der Waals surface area (Å²) in [4.78, 5) is 11.4. The highest BCUT2D eigenvalue weighted by atomic mass is 32.2. The molecule has 7 nitrogen and oxygen atoms in total. The van der Waals surface area contributed by atoms with E-state index in [2.05, 4.69) is 16.1 Å². The molecule has 1 unspecified atom stereocenters. The van der Waals surface area contributed by atoms with Gasteiger partial charge in [0.2, 0.25) is 0 Å². The van der Waals surface area contributed by atoms with Gasteiger partial charge in [-0.2, -0.15) is 43.5 Å². The molecule has 0 amide bonds. The average molecular weight is 440 g/mol. The van der Waals surface area contributed by atoms with Gasteiger partial charge >= 0.3 is 33.7 Å². The molecule has 0 aromatic rings. The van der Waals surface area contributed by atoms with E-state index in [1.165, 1.54) is 0 Å². The summed E-state index contributed by atoms with van der Waals surface area (Å²) >= 11 is 0. The van der Waals surface area contributed by atoms with Gasteiger partial charge in [0.15, 0.2) is 0 Å². The van der Waals surface area contributed by atoms with Crippen LogP contribution in [-0.2, 0) is 24.4 Å². The minimum absolute atomic E-state index is 0.0690. The minimum Gasteiger partial charge on any atom is -0.455 e. The van der Waals surface area contributed by atoms with Gasteiger partial charge in [-0.3, -0.25) is 4.55 Å². The number of ether oxygens (including phenoxy) is 2. The largest absolute Gasteiger partial charge is 0.455 e. The molecule has 0 spiro atoms. The molecule has 0 rings (SSSR count). The molecule has 0 saturated carbocycles. The fourth-order valence-electron chi connectivity index (χ4n) is 1.38. The maximum Gasteiger partial charge on any atom is 0.430 e. The number of aliphatic hydroxyl groups is 1. The molecule has 1 atom stereocenters. The van der Waals surface area contributed by atoms with Crippen molar-refractivity contribution in [3.63, 3.8) is 0 Å². The number of esters is 1. The summed E-state index contributed by atoms with van der Waals surface area (Å²) in [7, 11) is -5.88. The van der Waals surface area contributed by atoms with Gasteiger partial charge in [0.05, 0.1) is 12.2 Å². The maximum atomic E-state index is 12.8. The lowest BCUT2D eigenvalue weighted by molar-refractivity contribution is -0.389. The quantitative estimate of drug-likeness (QED) is 0.257. The van der Waals surface area contributed by atoms with Crippen LogP contribution in [0.4, 0.5) is 35.1 Å². The van der Waals surface area contributed by atoms with Crippen molar-refractivity contribution in [1.82, 2.24) is 0 Å². The van der Waals surface area contributed by atoms with Crippen molar-refractivity contribution in [2.24, 2.45) is 0 Å². The monoisotopic (exact) mass is 440 g/mol. The lowest BCUT2D eigenvalue weighted by Gasteiger charge is -2.36. The zero-order valence-electron chi connectivity index (χ0n) is 13.1. The van der Waals surface area contributed by atoms with Crippen LogP contribution in [0.25, 0.3) is 0 Å². The second-order valence-corrected chi connectivity index (χ2v) is 6.57. The molecule has 2 N–H and O–H groups in total. The van der Waals surface area contributed by atoms with Gasteiger partial charge < -0.3 is 14.6 Å². The summed E-state index contributed by atoms with van der Waals surface area (Å²) in [5, 5.41) is 4.17. The first kappa shape index (κ1) is 25.5. The van der Waals surface area contributed by atoms with Crippen molar-refractivity contribution in [2.45, 2.75) is 36.2 Å². The van der Waals surface area contributed by atoms with Crippen molar-refractivity contribution in [1.29, 1.82) is 0 Å². The normalized spacial score (nSPS) is 15.4. The molecular weight excluding hydrogens is 428 g/mol. The summed E-state index contributed by atoms with van der Waals surface area (Å²) in [5.74, 6) is -1.98. The summed E-state index contributed by atoms with van der Waals surface area (Å²) in [6, 6.07) is 0. The zero-order valence-corrected chi connectivity index (χ0v) is 13.9. The molecule has 27 heavy (non-hydrogen) atoms. The molecule has 0 aromatic carbocycles. The number of halogens is 8. The van der Waals surface area contributed by atoms with Crippen molar-refractivity contribution < 1.29 is 67.5 Å². The number of carbonyl (C=O) groups excluding carboxylic acids is 1. The van der Waals surface area contributed by atoms with Gasteiger partial charge in [0.25, 0.3) is 5.60 Å². The highest BCUT2D eigenvalue weighted by molar-refractivity contribution is 7.86. The third-order valence-corrected chi connectivity index (χ3v) is 3.82. The molecule has 0 aliphatic rings. The van der Waals surface area contributed by atoms with E-state index in [9.17, 15) is 48.3 Å². The Labute approximate surface area is 146 Å². The van der Waals surface area contributed by atoms with E-state index in [1.807, 2.05) is 0 Å². The Morgan fingerprint density at radius 1 is 1.07 bits per heavy atom. The number of alkyl halides is 8. The Kier molecular flexibility index (Phi) is 7.40. The molecular formula is C11H12F8O7S. The first-order valence-electron chi connectivity index (χ1n) is 6.35. The standard InChI is InChI=1S/C11H12F8O7S/c1-5(3-25-4-8(12,13)27(22,23)24)7(20)26-6(2)9(21,10(14,15)16)11(17,18)19/h6,21H,1,3-4H2,2H3,(H,22,23,24). The fourth-order valence-corrected chi connectivity index (χ4v) is 1.61. The summed E-state index contributed by atoms with van der Waals surface area (Å²) < 4.78 is 138. The van der Waals surface area contributed by atoms with Crippen LogP contribution in [0.3, 0.4) is 0 Å². The van der Waals surface area contributed by atoms with E-state index in [0.29, 0.717) is 0 Å². The first-order valence-corrected chi connectivity index (χ1v) is 7.79. The van der Waals surface area contributed by atoms with Gasteiger partial charge in [-0.25, -0.2) is 4.79 Å². The van der Waals surface area contributed by atoms with Crippen LogP contribution in [-0.4, -0.2) is 66.6 Å². The summed E-state index contributed by atoms with van der Waals surface area (Å²) in [6.07, 6.45) is -15.8. The fraction of sp³-hybridized carbons (Fsp3) is 0.727. The van der Waals surface area contributed by atoms with E-state index >= 15 is 0 Å². The molecule has 0 heterocycles. The van der Waals surface area contributed by atoms with Crippen molar-refractivity contribution in [2.75, 3.05) is 13.2 Å². The lowest BCUT2D eigenvalue weighted by Crippen LogP contribution is -2.64. The Bertz CT molecular complexity index is 653.